The summed E-state index contributed by atoms with van der Waals surface area (Å²) in [6, 6.07) is 10.3. The molecule has 2 aromatic heterocycles. The van der Waals surface area contributed by atoms with Crippen LogP contribution in [0.1, 0.15) is 55.0 Å². The van der Waals surface area contributed by atoms with Crippen LogP contribution < -0.4 is 5.73 Å². The molecular formula is C20H24N4. The molecule has 0 aliphatic heterocycles. The van der Waals surface area contributed by atoms with Crippen molar-refractivity contribution in [1.29, 1.82) is 0 Å². The summed E-state index contributed by atoms with van der Waals surface area (Å²) >= 11 is 0. The van der Waals surface area contributed by atoms with E-state index in [-0.39, 0.29) is 0 Å². The van der Waals surface area contributed by atoms with Gasteiger partial charge in [0.05, 0.1) is 6.54 Å². The Labute approximate surface area is 142 Å². The van der Waals surface area contributed by atoms with Crippen LogP contribution in [0.2, 0.25) is 0 Å². The van der Waals surface area contributed by atoms with Gasteiger partial charge in [0.2, 0.25) is 0 Å². The average Bonchev–Trinajstić information content (AvgIpc) is 2.95. The minimum absolute atomic E-state index is 0.557. The molecule has 1 fully saturated rings. The first-order chi connectivity index (χ1) is 11.7. The zero-order chi connectivity index (χ0) is 16.5. The number of aromatic nitrogens is 3. The lowest BCUT2D eigenvalue weighted by atomic mass is 9.88. The van der Waals surface area contributed by atoms with Crippen LogP contribution in [0.4, 0.5) is 5.69 Å². The van der Waals surface area contributed by atoms with E-state index in [1.807, 2.05) is 18.3 Å². The first-order valence-electron chi connectivity index (χ1n) is 8.88. The average molecular weight is 320 g/mol. The zero-order valence-electron chi connectivity index (χ0n) is 14.2. The summed E-state index contributed by atoms with van der Waals surface area (Å²) in [4.78, 5) is 9.67. The lowest BCUT2D eigenvalue weighted by molar-refractivity contribution is 0.419. The van der Waals surface area contributed by atoms with Gasteiger partial charge >= 0.3 is 0 Å². The summed E-state index contributed by atoms with van der Waals surface area (Å²) in [6.07, 6.45) is 8.39. The summed E-state index contributed by atoms with van der Waals surface area (Å²) in [6.45, 7) is 2.88. The van der Waals surface area contributed by atoms with Gasteiger partial charge < -0.3 is 10.3 Å². The highest BCUT2D eigenvalue weighted by molar-refractivity contribution is 5.72. The van der Waals surface area contributed by atoms with Gasteiger partial charge in [0, 0.05) is 17.8 Å². The fraction of sp³-hybridized carbons (Fsp3) is 0.400. The van der Waals surface area contributed by atoms with Crippen LogP contribution in [-0.4, -0.2) is 14.5 Å². The van der Waals surface area contributed by atoms with Gasteiger partial charge in [-0.05, 0) is 49.1 Å². The van der Waals surface area contributed by atoms with E-state index >= 15 is 0 Å². The second kappa shape index (κ2) is 6.27. The number of aryl methyl sites for hydroxylation is 1. The van der Waals surface area contributed by atoms with Crippen LogP contribution in [0.25, 0.3) is 11.2 Å². The molecule has 124 valence electrons. The normalized spacial score (nSPS) is 15.9. The Morgan fingerprint density at radius 1 is 1.12 bits per heavy atom. The molecular weight excluding hydrogens is 296 g/mol. The third-order valence-corrected chi connectivity index (χ3v) is 5.04. The molecule has 1 aliphatic rings. The largest absolute Gasteiger partial charge is 0.399 e. The second-order valence-electron chi connectivity index (χ2n) is 6.99. The third-order valence-electron chi connectivity index (χ3n) is 5.04. The number of nitrogen functional groups attached to an aromatic ring is 1. The maximum Gasteiger partial charge on any atom is 0.160 e. The van der Waals surface area contributed by atoms with Crippen molar-refractivity contribution in [2.45, 2.75) is 51.5 Å². The number of nitrogens with two attached hydrogens (primary N) is 1. The molecule has 0 radical (unpaired) electrons. The molecule has 0 atom stereocenters. The molecule has 3 aromatic rings. The van der Waals surface area contributed by atoms with E-state index in [1.165, 1.54) is 43.5 Å². The smallest absolute Gasteiger partial charge is 0.160 e. The molecule has 2 N–H and O–H groups in total. The highest BCUT2D eigenvalue weighted by atomic mass is 15.1. The Kier molecular flexibility index (Phi) is 3.97. The highest BCUT2D eigenvalue weighted by Crippen LogP contribution is 2.34. The first-order valence-corrected chi connectivity index (χ1v) is 8.88. The van der Waals surface area contributed by atoms with Crippen molar-refractivity contribution in [2.75, 3.05) is 5.73 Å². The lowest BCUT2D eigenvalue weighted by Gasteiger charge is -2.22. The van der Waals surface area contributed by atoms with Crippen molar-refractivity contribution in [1.82, 2.24) is 14.5 Å². The number of imidazole rings is 1. The van der Waals surface area contributed by atoms with E-state index in [2.05, 4.69) is 34.7 Å². The van der Waals surface area contributed by atoms with Crippen LogP contribution in [-0.2, 0) is 6.54 Å². The van der Waals surface area contributed by atoms with E-state index in [1.54, 1.807) is 0 Å². The van der Waals surface area contributed by atoms with Gasteiger partial charge in [-0.1, -0.05) is 31.4 Å². The van der Waals surface area contributed by atoms with Crippen LogP contribution in [0, 0.1) is 6.92 Å². The third kappa shape index (κ3) is 2.88. The topological polar surface area (TPSA) is 56.7 Å². The van der Waals surface area contributed by atoms with Gasteiger partial charge in [-0.2, -0.15) is 0 Å². The van der Waals surface area contributed by atoms with Gasteiger partial charge in [-0.15, -0.1) is 0 Å². The summed E-state index contributed by atoms with van der Waals surface area (Å²) < 4.78 is 2.32. The second-order valence-corrected chi connectivity index (χ2v) is 6.99. The Morgan fingerprint density at radius 3 is 2.62 bits per heavy atom. The molecule has 1 aromatic carbocycles. The van der Waals surface area contributed by atoms with Crippen molar-refractivity contribution >= 4 is 16.9 Å². The molecule has 24 heavy (non-hydrogen) atoms. The number of benzene rings is 1. The van der Waals surface area contributed by atoms with E-state index in [0.29, 0.717) is 5.92 Å². The molecule has 0 unspecified atom stereocenters. The molecule has 0 spiro atoms. The number of nitrogens with zero attached hydrogens (tertiary/aromatic N) is 3. The van der Waals surface area contributed by atoms with Crippen LogP contribution in [0.15, 0.2) is 36.5 Å². The van der Waals surface area contributed by atoms with Gasteiger partial charge in [0.15, 0.2) is 5.65 Å². The van der Waals surface area contributed by atoms with E-state index in [0.717, 1.165) is 29.0 Å². The Morgan fingerprint density at radius 2 is 1.88 bits per heavy atom. The Hall–Kier alpha value is -2.36. The van der Waals surface area contributed by atoms with Crippen LogP contribution >= 0.6 is 0 Å². The number of anilines is 1. The monoisotopic (exact) mass is 320 g/mol. The van der Waals surface area contributed by atoms with Gasteiger partial charge in [-0.3, -0.25) is 0 Å². The maximum absolute atomic E-state index is 5.82. The van der Waals surface area contributed by atoms with Crippen LogP contribution in [0.3, 0.4) is 0 Å². The lowest BCUT2D eigenvalue weighted by Crippen LogP contribution is -2.13. The van der Waals surface area contributed by atoms with Crippen LogP contribution in [0.5, 0.6) is 0 Å². The van der Waals surface area contributed by atoms with Crippen molar-refractivity contribution in [2.24, 2.45) is 0 Å². The van der Waals surface area contributed by atoms with Gasteiger partial charge in [0.1, 0.15) is 11.3 Å². The van der Waals surface area contributed by atoms with Crippen molar-refractivity contribution in [3.8, 4) is 0 Å². The van der Waals surface area contributed by atoms with E-state index in [4.69, 9.17) is 10.7 Å². The molecule has 4 nitrogen and oxygen atoms in total. The Balaban J connectivity index is 1.79. The van der Waals surface area contributed by atoms with Gasteiger partial charge in [-0.25, -0.2) is 9.97 Å². The van der Waals surface area contributed by atoms with Crippen molar-refractivity contribution < 1.29 is 0 Å². The summed E-state index contributed by atoms with van der Waals surface area (Å²) in [5.74, 6) is 1.77. The highest BCUT2D eigenvalue weighted by Gasteiger charge is 2.23. The van der Waals surface area contributed by atoms with Crippen molar-refractivity contribution in [3.05, 3.63) is 53.5 Å². The molecule has 0 amide bonds. The molecule has 0 saturated heterocycles. The predicted molar refractivity (Wildman–Crippen MR) is 98.0 cm³/mol. The summed E-state index contributed by atoms with van der Waals surface area (Å²) in [5, 5.41) is 0. The summed E-state index contributed by atoms with van der Waals surface area (Å²) in [7, 11) is 0. The fourth-order valence-corrected chi connectivity index (χ4v) is 3.76. The maximum atomic E-state index is 5.82. The minimum Gasteiger partial charge on any atom is -0.399 e. The molecule has 1 aliphatic carbocycles. The first kappa shape index (κ1) is 15.2. The van der Waals surface area contributed by atoms with Crippen molar-refractivity contribution in [3.63, 3.8) is 0 Å². The SMILES string of the molecule is Cc1cnc2c(c1)nc(C1CCCCC1)n2Cc1ccc(N)cc1. The molecule has 1 saturated carbocycles. The molecule has 4 heteroatoms. The minimum atomic E-state index is 0.557. The molecule has 0 bridgehead atoms. The van der Waals surface area contributed by atoms with E-state index in [9.17, 15) is 0 Å². The van der Waals surface area contributed by atoms with Gasteiger partial charge in [0.25, 0.3) is 0 Å². The number of fused-ring (bicyclic) bond motifs is 1. The predicted octanol–water partition coefficient (Wildman–Crippen LogP) is 4.42. The number of rotatable bonds is 3. The molecule has 2 heterocycles. The van der Waals surface area contributed by atoms with E-state index < -0.39 is 0 Å². The zero-order valence-corrected chi connectivity index (χ0v) is 14.2. The molecule has 4 rings (SSSR count). The fourth-order valence-electron chi connectivity index (χ4n) is 3.76. The number of hydrogen-bond acceptors (Lipinski definition) is 3. The Bertz CT molecular complexity index is 842. The quantitative estimate of drug-likeness (QED) is 0.727. The number of hydrogen-bond donors (Lipinski definition) is 1. The summed E-state index contributed by atoms with van der Waals surface area (Å²) in [5.41, 5.74) is 11.0. The standard InChI is InChI=1S/C20H24N4/c1-14-11-18-20(22-12-14)24(13-15-7-9-17(21)10-8-15)19(23-18)16-5-3-2-4-6-16/h7-12,16H,2-6,13,21H2,1H3. The number of pyridine rings is 1.